The molecule has 0 radical (unpaired) electrons. The van der Waals surface area contributed by atoms with Crippen LogP contribution < -0.4 is 19.8 Å². The summed E-state index contributed by atoms with van der Waals surface area (Å²) in [6.07, 6.45) is 0.323. The molecule has 0 aliphatic carbocycles. The molecule has 1 heterocycles. The van der Waals surface area contributed by atoms with Crippen LogP contribution in [0.15, 0.2) is 41.2 Å². The second-order valence-corrected chi connectivity index (χ2v) is 7.79. The molecule has 2 aromatic carbocycles. The highest BCUT2D eigenvalue weighted by atomic mass is 35.5. The third-order valence-corrected chi connectivity index (χ3v) is 5.81. The summed E-state index contributed by atoms with van der Waals surface area (Å²) in [5.74, 6) is 0.372. The second-order valence-electron chi connectivity index (χ2n) is 7.38. The summed E-state index contributed by atoms with van der Waals surface area (Å²) in [5, 5.41) is 20.8. The van der Waals surface area contributed by atoms with Crippen LogP contribution in [0.25, 0.3) is 0 Å². The number of rotatable bonds is 8. The lowest BCUT2D eigenvalue weighted by atomic mass is 9.97. The molecule has 1 aromatic heterocycles. The Morgan fingerprint density at radius 1 is 1.06 bits per heavy atom. The Bertz CT molecular complexity index is 1360. The number of nitrogens with zero attached hydrogens (tertiary/aromatic N) is 2. The van der Waals surface area contributed by atoms with Gasteiger partial charge >= 0.3 is 0 Å². The van der Waals surface area contributed by atoms with Gasteiger partial charge in [0.2, 0.25) is 5.88 Å². The molecule has 34 heavy (non-hydrogen) atoms. The van der Waals surface area contributed by atoms with Crippen molar-refractivity contribution in [2.24, 2.45) is 0 Å². The van der Waals surface area contributed by atoms with E-state index in [1.54, 1.807) is 18.2 Å². The van der Waals surface area contributed by atoms with Gasteiger partial charge in [-0.3, -0.25) is 14.2 Å². The van der Waals surface area contributed by atoms with Gasteiger partial charge in [-0.15, -0.1) is 0 Å². The summed E-state index contributed by atoms with van der Waals surface area (Å²) in [5.41, 5.74) is 0.0559. The molecule has 9 heteroatoms. The minimum absolute atomic E-state index is 0.0265. The first kappa shape index (κ1) is 24.7. The first-order chi connectivity index (χ1) is 16.3. The van der Waals surface area contributed by atoms with E-state index in [9.17, 15) is 20.0 Å². The number of nitriles is 1. The van der Waals surface area contributed by atoms with Crippen molar-refractivity contribution in [1.29, 1.82) is 5.26 Å². The normalized spacial score (nSPS) is 10.5. The number of aromatic nitrogens is 1. The molecule has 0 saturated heterocycles. The van der Waals surface area contributed by atoms with E-state index in [1.165, 1.54) is 46.5 Å². The molecule has 0 fully saturated rings. The fraction of sp³-hybridized carbons (Fsp3) is 0.240. The number of hydrogen-bond donors (Lipinski definition) is 1. The van der Waals surface area contributed by atoms with Crippen molar-refractivity contribution in [3.8, 4) is 29.2 Å². The van der Waals surface area contributed by atoms with Crippen LogP contribution in [-0.2, 0) is 13.0 Å². The smallest absolute Gasteiger partial charge is 0.271 e. The number of halogens is 1. The third kappa shape index (κ3) is 4.56. The number of pyridine rings is 1. The van der Waals surface area contributed by atoms with E-state index in [0.717, 1.165) is 10.1 Å². The van der Waals surface area contributed by atoms with E-state index in [-0.39, 0.29) is 33.8 Å². The highest BCUT2D eigenvalue weighted by molar-refractivity contribution is 6.32. The quantitative estimate of drug-likeness (QED) is 0.485. The Balaban J connectivity index is 2.05. The molecule has 0 unspecified atom stereocenters. The summed E-state index contributed by atoms with van der Waals surface area (Å²) in [4.78, 5) is 26.2. The second kappa shape index (κ2) is 10.3. The molecule has 0 saturated carbocycles. The van der Waals surface area contributed by atoms with Crippen molar-refractivity contribution in [2.75, 3.05) is 21.3 Å². The van der Waals surface area contributed by atoms with E-state index in [4.69, 9.17) is 25.8 Å². The monoisotopic (exact) mass is 482 g/mol. The number of benzene rings is 2. The van der Waals surface area contributed by atoms with Gasteiger partial charge in [0, 0.05) is 12.1 Å². The van der Waals surface area contributed by atoms with E-state index in [2.05, 4.69) is 0 Å². The average Bonchev–Trinajstić information content (AvgIpc) is 2.83. The van der Waals surface area contributed by atoms with E-state index in [0.29, 0.717) is 23.7 Å². The molecule has 0 spiro atoms. The van der Waals surface area contributed by atoms with Gasteiger partial charge < -0.3 is 19.3 Å². The zero-order valence-electron chi connectivity index (χ0n) is 19.1. The number of ketones is 1. The van der Waals surface area contributed by atoms with Crippen molar-refractivity contribution >= 4 is 17.4 Å². The maximum Gasteiger partial charge on any atom is 0.271 e. The summed E-state index contributed by atoms with van der Waals surface area (Å²) < 4.78 is 16.7. The lowest BCUT2D eigenvalue weighted by molar-refractivity contribution is 0.103. The van der Waals surface area contributed by atoms with Gasteiger partial charge in [-0.25, -0.2) is 0 Å². The third-order valence-electron chi connectivity index (χ3n) is 5.51. The maximum atomic E-state index is 13.3. The highest BCUT2D eigenvalue weighted by Crippen LogP contribution is 2.31. The minimum atomic E-state index is -0.678. The van der Waals surface area contributed by atoms with E-state index in [1.807, 2.05) is 6.07 Å². The van der Waals surface area contributed by atoms with Gasteiger partial charge in [-0.2, -0.15) is 5.26 Å². The molecule has 1 N–H and O–H groups in total. The maximum absolute atomic E-state index is 13.3. The SMILES string of the molecule is COc1ccc(C(=O)c2c(C)c(C#N)c(=O)n(CCc3ccc(OC)c(OC)c3)c2O)cc1Cl. The number of aryl methyl sites for hydroxylation is 1. The fourth-order valence-electron chi connectivity index (χ4n) is 3.66. The molecule has 3 rings (SSSR count). The van der Waals surface area contributed by atoms with E-state index < -0.39 is 17.2 Å². The van der Waals surface area contributed by atoms with Crippen LogP contribution in [-0.4, -0.2) is 36.8 Å². The Kier molecular flexibility index (Phi) is 7.49. The summed E-state index contributed by atoms with van der Waals surface area (Å²) in [6.45, 7) is 1.48. The number of hydrogen-bond acceptors (Lipinski definition) is 7. The Hall–Kier alpha value is -3.96. The average molecular weight is 483 g/mol. The minimum Gasteiger partial charge on any atom is -0.495 e. The van der Waals surface area contributed by atoms with Crippen LogP contribution in [0.1, 0.15) is 32.6 Å². The van der Waals surface area contributed by atoms with Crippen molar-refractivity contribution in [1.82, 2.24) is 4.57 Å². The van der Waals surface area contributed by atoms with Crippen molar-refractivity contribution in [3.63, 3.8) is 0 Å². The molecule has 0 aliphatic rings. The molecule has 3 aromatic rings. The Morgan fingerprint density at radius 3 is 2.29 bits per heavy atom. The molecule has 8 nitrogen and oxygen atoms in total. The topological polar surface area (TPSA) is 111 Å². The standard InChI is InChI=1S/C25H23ClN2O6/c1-14-17(13-27)24(30)28(10-9-15-5-7-20(33-3)21(11-15)34-4)25(31)22(14)23(29)16-6-8-19(32-2)18(26)12-16/h5-8,11-12,31H,9-10H2,1-4H3. The van der Waals surface area contributed by atoms with Gasteiger partial charge in [0.05, 0.1) is 31.9 Å². The number of carbonyl (C=O) groups is 1. The van der Waals surface area contributed by atoms with Gasteiger partial charge in [0.1, 0.15) is 17.4 Å². The predicted octanol–water partition coefficient (Wildman–Crippen LogP) is 3.89. The van der Waals surface area contributed by atoms with Gasteiger partial charge in [-0.05, 0) is 54.8 Å². The predicted molar refractivity (Wildman–Crippen MR) is 127 cm³/mol. The van der Waals surface area contributed by atoms with Gasteiger partial charge in [0.25, 0.3) is 5.56 Å². The Morgan fingerprint density at radius 2 is 1.71 bits per heavy atom. The van der Waals surface area contributed by atoms with Crippen LogP contribution in [0, 0.1) is 18.3 Å². The number of ether oxygens (including phenoxy) is 3. The molecule has 0 aliphatic heterocycles. The zero-order valence-corrected chi connectivity index (χ0v) is 19.9. The molecule has 0 atom stereocenters. The molecular weight excluding hydrogens is 460 g/mol. The van der Waals surface area contributed by atoms with E-state index >= 15 is 0 Å². The summed E-state index contributed by atoms with van der Waals surface area (Å²) in [7, 11) is 4.49. The molecular formula is C25H23ClN2O6. The lowest BCUT2D eigenvalue weighted by Gasteiger charge is -2.16. The van der Waals surface area contributed by atoms with Crippen LogP contribution >= 0.6 is 11.6 Å². The molecule has 0 bridgehead atoms. The fourth-order valence-corrected chi connectivity index (χ4v) is 3.92. The number of methoxy groups -OCH3 is 3. The Labute approximate surface area is 201 Å². The molecule has 0 amide bonds. The van der Waals surface area contributed by atoms with Crippen molar-refractivity contribution in [3.05, 3.63) is 79.6 Å². The van der Waals surface area contributed by atoms with Crippen molar-refractivity contribution in [2.45, 2.75) is 19.9 Å². The van der Waals surface area contributed by atoms with Crippen LogP contribution in [0.2, 0.25) is 5.02 Å². The summed E-state index contributed by atoms with van der Waals surface area (Å²) >= 11 is 6.15. The largest absolute Gasteiger partial charge is 0.495 e. The van der Waals surface area contributed by atoms with Gasteiger partial charge in [0.15, 0.2) is 17.3 Å². The van der Waals surface area contributed by atoms with Crippen molar-refractivity contribution < 1.29 is 24.1 Å². The highest BCUT2D eigenvalue weighted by Gasteiger charge is 2.25. The summed E-state index contributed by atoms with van der Waals surface area (Å²) in [6, 6.07) is 11.6. The van der Waals surface area contributed by atoms with Crippen LogP contribution in [0.5, 0.6) is 23.1 Å². The number of carbonyl (C=O) groups excluding carboxylic acids is 1. The first-order valence-electron chi connectivity index (χ1n) is 10.2. The first-order valence-corrected chi connectivity index (χ1v) is 10.6. The molecule has 176 valence electrons. The number of aromatic hydroxyl groups is 1. The van der Waals surface area contributed by atoms with Crippen LogP contribution in [0.4, 0.5) is 0 Å². The lowest BCUT2D eigenvalue weighted by Crippen LogP contribution is -2.27. The van der Waals surface area contributed by atoms with Crippen LogP contribution in [0.3, 0.4) is 0 Å². The van der Waals surface area contributed by atoms with Gasteiger partial charge in [-0.1, -0.05) is 17.7 Å². The zero-order chi connectivity index (χ0) is 25.0.